The summed E-state index contributed by atoms with van der Waals surface area (Å²) in [4.78, 5) is 25.6. The zero-order valence-corrected chi connectivity index (χ0v) is 14.1. The first-order chi connectivity index (χ1) is 9.61. The summed E-state index contributed by atoms with van der Waals surface area (Å²) in [6.07, 6.45) is 1.19. The molecule has 1 aliphatic heterocycles. The fourth-order valence-electron chi connectivity index (χ4n) is 2.12. The molecule has 4 N–H and O–H groups in total. The second-order valence-electron chi connectivity index (χ2n) is 4.85. The molecule has 1 aromatic carbocycles. The van der Waals surface area contributed by atoms with Crippen molar-refractivity contribution < 1.29 is 9.59 Å². The number of carbonyl (C=O) groups is 2. The van der Waals surface area contributed by atoms with Crippen molar-refractivity contribution >= 4 is 48.0 Å². The SMILES string of the molecule is CN1CCC(=O)Nc2cc(C(=O)NCCCN)ccc21.Cl.Cl. The molecule has 0 bridgehead atoms. The predicted molar refractivity (Wildman–Crippen MR) is 93.5 cm³/mol. The minimum Gasteiger partial charge on any atom is -0.372 e. The van der Waals surface area contributed by atoms with Crippen molar-refractivity contribution in [3.8, 4) is 0 Å². The number of hydrogen-bond acceptors (Lipinski definition) is 4. The summed E-state index contributed by atoms with van der Waals surface area (Å²) < 4.78 is 0. The molecule has 0 radical (unpaired) electrons. The quantitative estimate of drug-likeness (QED) is 0.717. The maximum Gasteiger partial charge on any atom is 0.251 e. The van der Waals surface area contributed by atoms with E-state index in [-0.39, 0.29) is 36.6 Å². The van der Waals surface area contributed by atoms with Crippen molar-refractivity contribution in [2.75, 3.05) is 36.9 Å². The lowest BCUT2D eigenvalue weighted by atomic mass is 10.1. The molecule has 1 heterocycles. The van der Waals surface area contributed by atoms with Crippen molar-refractivity contribution in [1.82, 2.24) is 5.32 Å². The molecule has 124 valence electrons. The van der Waals surface area contributed by atoms with Gasteiger partial charge in [0.1, 0.15) is 0 Å². The fourth-order valence-corrected chi connectivity index (χ4v) is 2.12. The minimum absolute atomic E-state index is 0. The molecule has 0 atom stereocenters. The van der Waals surface area contributed by atoms with E-state index in [0.29, 0.717) is 37.3 Å². The van der Waals surface area contributed by atoms with Crippen LogP contribution in [0.1, 0.15) is 23.2 Å². The molecule has 0 aromatic heterocycles. The normalized spacial score (nSPS) is 13.0. The van der Waals surface area contributed by atoms with Gasteiger partial charge >= 0.3 is 0 Å². The van der Waals surface area contributed by atoms with Gasteiger partial charge in [-0.25, -0.2) is 0 Å². The van der Waals surface area contributed by atoms with Crippen LogP contribution in [0.2, 0.25) is 0 Å². The molecule has 1 aromatic rings. The molecule has 0 fully saturated rings. The van der Waals surface area contributed by atoms with E-state index >= 15 is 0 Å². The molecule has 1 aliphatic rings. The Morgan fingerprint density at radius 3 is 2.82 bits per heavy atom. The molecular weight excluding hydrogens is 327 g/mol. The number of nitrogens with one attached hydrogen (secondary N) is 2. The molecule has 8 heteroatoms. The zero-order chi connectivity index (χ0) is 14.5. The van der Waals surface area contributed by atoms with Crippen molar-refractivity contribution in [2.45, 2.75) is 12.8 Å². The Morgan fingerprint density at radius 2 is 2.14 bits per heavy atom. The Balaban J connectivity index is 0.00000220. The smallest absolute Gasteiger partial charge is 0.251 e. The third-order valence-electron chi connectivity index (χ3n) is 3.28. The van der Waals surface area contributed by atoms with Gasteiger partial charge in [-0.15, -0.1) is 24.8 Å². The molecule has 0 saturated heterocycles. The summed E-state index contributed by atoms with van der Waals surface area (Å²) in [7, 11) is 1.93. The maximum absolute atomic E-state index is 12.0. The standard InChI is InChI=1S/C14H20N4O2.2ClH/c1-18-8-5-13(19)17-11-9-10(3-4-12(11)18)14(20)16-7-2-6-15;;/h3-4,9H,2,5-8,15H2,1H3,(H,16,20)(H,17,19);2*1H. The summed E-state index contributed by atoms with van der Waals surface area (Å²) in [5.41, 5.74) is 7.53. The van der Waals surface area contributed by atoms with Gasteiger partial charge in [-0.3, -0.25) is 9.59 Å². The van der Waals surface area contributed by atoms with E-state index in [9.17, 15) is 9.59 Å². The minimum atomic E-state index is -0.151. The lowest BCUT2D eigenvalue weighted by Gasteiger charge is -2.18. The average molecular weight is 349 g/mol. The summed E-state index contributed by atoms with van der Waals surface area (Å²) >= 11 is 0. The molecule has 2 amide bonds. The second-order valence-corrected chi connectivity index (χ2v) is 4.85. The Hall–Kier alpha value is -1.50. The Labute approximate surface area is 142 Å². The highest BCUT2D eigenvalue weighted by molar-refractivity contribution is 6.00. The number of hydrogen-bond donors (Lipinski definition) is 3. The number of nitrogens with zero attached hydrogens (tertiary/aromatic N) is 1. The number of benzene rings is 1. The van der Waals surface area contributed by atoms with E-state index in [4.69, 9.17) is 5.73 Å². The Morgan fingerprint density at radius 1 is 1.41 bits per heavy atom. The van der Waals surface area contributed by atoms with E-state index in [1.807, 2.05) is 18.0 Å². The van der Waals surface area contributed by atoms with Crippen LogP contribution in [0.3, 0.4) is 0 Å². The van der Waals surface area contributed by atoms with Gasteiger partial charge in [-0.1, -0.05) is 0 Å². The van der Waals surface area contributed by atoms with Gasteiger partial charge in [0.25, 0.3) is 5.91 Å². The van der Waals surface area contributed by atoms with Crippen molar-refractivity contribution in [3.05, 3.63) is 23.8 Å². The van der Waals surface area contributed by atoms with E-state index in [1.54, 1.807) is 12.1 Å². The molecule has 0 saturated carbocycles. The Bertz CT molecular complexity index is 526. The van der Waals surface area contributed by atoms with Crippen LogP contribution in [0, 0.1) is 0 Å². The Kier molecular flexibility index (Phi) is 8.86. The van der Waals surface area contributed by atoms with Crippen LogP contribution in [0.4, 0.5) is 11.4 Å². The highest BCUT2D eigenvalue weighted by Crippen LogP contribution is 2.28. The van der Waals surface area contributed by atoms with Crippen LogP contribution in [0.15, 0.2) is 18.2 Å². The van der Waals surface area contributed by atoms with Crippen molar-refractivity contribution in [1.29, 1.82) is 0 Å². The zero-order valence-electron chi connectivity index (χ0n) is 12.4. The summed E-state index contributed by atoms with van der Waals surface area (Å²) in [5.74, 6) is -0.182. The topological polar surface area (TPSA) is 87.5 Å². The highest BCUT2D eigenvalue weighted by Gasteiger charge is 2.18. The first-order valence-electron chi connectivity index (χ1n) is 6.75. The van der Waals surface area contributed by atoms with Gasteiger partial charge in [-0.2, -0.15) is 0 Å². The van der Waals surface area contributed by atoms with Crippen LogP contribution < -0.4 is 21.3 Å². The molecule has 0 unspecified atom stereocenters. The fraction of sp³-hybridized carbons (Fsp3) is 0.429. The number of halogens is 2. The van der Waals surface area contributed by atoms with Gasteiger partial charge < -0.3 is 21.3 Å². The van der Waals surface area contributed by atoms with E-state index in [1.165, 1.54) is 0 Å². The van der Waals surface area contributed by atoms with Crippen LogP contribution in [-0.2, 0) is 4.79 Å². The average Bonchev–Trinajstić information content (AvgIpc) is 2.58. The van der Waals surface area contributed by atoms with Crippen LogP contribution in [0.25, 0.3) is 0 Å². The van der Waals surface area contributed by atoms with E-state index in [2.05, 4.69) is 10.6 Å². The first-order valence-corrected chi connectivity index (χ1v) is 6.75. The van der Waals surface area contributed by atoms with Gasteiger partial charge in [0, 0.05) is 32.1 Å². The lowest BCUT2D eigenvalue weighted by Crippen LogP contribution is -2.26. The number of nitrogens with two attached hydrogens (primary N) is 1. The second kappa shape index (κ2) is 9.50. The predicted octanol–water partition coefficient (Wildman–Crippen LogP) is 1.39. The summed E-state index contributed by atoms with van der Waals surface area (Å²) in [5, 5.41) is 5.63. The van der Waals surface area contributed by atoms with Gasteiger partial charge in [-0.05, 0) is 31.2 Å². The van der Waals surface area contributed by atoms with Crippen LogP contribution in [0.5, 0.6) is 0 Å². The highest BCUT2D eigenvalue weighted by atomic mass is 35.5. The van der Waals surface area contributed by atoms with E-state index in [0.717, 1.165) is 12.1 Å². The van der Waals surface area contributed by atoms with Crippen molar-refractivity contribution in [2.24, 2.45) is 5.73 Å². The number of fused-ring (bicyclic) bond motifs is 1. The first kappa shape index (κ1) is 20.5. The molecule has 0 aliphatic carbocycles. The van der Waals surface area contributed by atoms with Crippen LogP contribution in [-0.4, -0.2) is 38.5 Å². The number of amides is 2. The maximum atomic E-state index is 12.0. The van der Waals surface area contributed by atoms with Crippen molar-refractivity contribution in [3.63, 3.8) is 0 Å². The number of rotatable bonds is 4. The van der Waals surface area contributed by atoms with Gasteiger partial charge in [0.2, 0.25) is 5.91 Å². The number of anilines is 2. The van der Waals surface area contributed by atoms with Gasteiger partial charge in [0.15, 0.2) is 0 Å². The lowest BCUT2D eigenvalue weighted by molar-refractivity contribution is -0.115. The monoisotopic (exact) mass is 348 g/mol. The largest absolute Gasteiger partial charge is 0.372 e. The number of carbonyl (C=O) groups excluding carboxylic acids is 2. The summed E-state index contributed by atoms with van der Waals surface area (Å²) in [6.45, 7) is 1.77. The third-order valence-corrected chi connectivity index (χ3v) is 3.28. The molecule has 0 spiro atoms. The molecule has 2 rings (SSSR count). The molecule has 6 nitrogen and oxygen atoms in total. The van der Waals surface area contributed by atoms with Gasteiger partial charge in [0.05, 0.1) is 11.4 Å². The third kappa shape index (κ3) is 5.05. The molecule has 22 heavy (non-hydrogen) atoms. The molecular formula is C14H22Cl2N4O2. The van der Waals surface area contributed by atoms with Crippen LogP contribution >= 0.6 is 24.8 Å². The summed E-state index contributed by atoms with van der Waals surface area (Å²) in [6, 6.07) is 5.34. The van der Waals surface area contributed by atoms with E-state index < -0.39 is 0 Å².